The Bertz CT molecular complexity index is 574. The van der Waals surface area contributed by atoms with E-state index in [9.17, 15) is 0 Å². The van der Waals surface area contributed by atoms with Crippen LogP contribution in [-0.4, -0.2) is 21.3 Å². The highest BCUT2D eigenvalue weighted by Gasteiger charge is 2.13. The molecule has 4 heteroatoms. The first-order valence-corrected chi connectivity index (χ1v) is 7.26. The molecule has 2 rings (SSSR count). The van der Waals surface area contributed by atoms with Crippen molar-refractivity contribution in [2.45, 2.75) is 19.5 Å². The molecule has 0 aliphatic rings. The summed E-state index contributed by atoms with van der Waals surface area (Å²) < 4.78 is 16.1. The van der Waals surface area contributed by atoms with Gasteiger partial charge in [-0.25, -0.2) is 0 Å². The van der Waals surface area contributed by atoms with Crippen LogP contribution >= 0.6 is 0 Å². The summed E-state index contributed by atoms with van der Waals surface area (Å²) in [7, 11) is 4.86. The molecule has 0 radical (unpaired) electrons. The van der Waals surface area contributed by atoms with E-state index < -0.39 is 0 Å². The first kappa shape index (κ1) is 16.2. The van der Waals surface area contributed by atoms with Crippen molar-refractivity contribution in [2.75, 3.05) is 21.3 Å². The van der Waals surface area contributed by atoms with Crippen LogP contribution in [0.5, 0.6) is 17.2 Å². The van der Waals surface area contributed by atoms with E-state index in [1.54, 1.807) is 21.3 Å². The molecule has 0 bridgehead atoms. The van der Waals surface area contributed by atoms with Crippen molar-refractivity contribution in [3.8, 4) is 17.2 Å². The van der Waals surface area contributed by atoms with Crippen molar-refractivity contribution in [3.63, 3.8) is 0 Å². The van der Waals surface area contributed by atoms with Gasteiger partial charge in [0.25, 0.3) is 0 Å². The van der Waals surface area contributed by atoms with Gasteiger partial charge in [0.2, 0.25) is 5.75 Å². The fourth-order valence-corrected chi connectivity index (χ4v) is 2.37. The zero-order valence-corrected chi connectivity index (χ0v) is 13.6. The molecule has 118 valence electrons. The van der Waals surface area contributed by atoms with Crippen LogP contribution in [0.1, 0.15) is 24.1 Å². The monoisotopic (exact) mass is 301 g/mol. The van der Waals surface area contributed by atoms with Crippen molar-refractivity contribution in [3.05, 3.63) is 53.6 Å². The number of nitrogens with one attached hydrogen (secondary N) is 1. The van der Waals surface area contributed by atoms with E-state index in [2.05, 4.69) is 24.4 Å². The molecule has 0 fully saturated rings. The molecule has 0 spiro atoms. The molecule has 1 atom stereocenters. The van der Waals surface area contributed by atoms with Crippen LogP contribution in [0.2, 0.25) is 0 Å². The van der Waals surface area contributed by atoms with Crippen molar-refractivity contribution >= 4 is 0 Å². The van der Waals surface area contributed by atoms with Gasteiger partial charge in [0, 0.05) is 12.6 Å². The summed E-state index contributed by atoms with van der Waals surface area (Å²) in [5, 5.41) is 3.50. The zero-order valence-electron chi connectivity index (χ0n) is 13.6. The van der Waals surface area contributed by atoms with E-state index in [4.69, 9.17) is 14.2 Å². The molecule has 0 heterocycles. The van der Waals surface area contributed by atoms with Gasteiger partial charge in [0.15, 0.2) is 11.5 Å². The molecule has 2 aromatic carbocycles. The van der Waals surface area contributed by atoms with E-state index in [0.29, 0.717) is 23.8 Å². The lowest BCUT2D eigenvalue weighted by Crippen LogP contribution is -2.18. The number of ether oxygens (including phenoxy) is 3. The van der Waals surface area contributed by atoms with Crippen LogP contribution in [0.15, 0.2) is 42.5 Å². The average Bonchev–Trinajstić information content (AvgIpc) is 2.59. The quantitative estimate of drug-likeness (QED) is 0.849. The third-order valence-electron chi connectivity index (χ3n) is 3.64. The number of hydrogen-bond acceptors (Lipinski definition) is 4. The van der Waals surface area contributed by atoms with Gasteiger partial charge in [0.1, 0.15) is 0 Å². The zero-order chi connectivity index (χ0) is 15.9. The normalized spacial score (nSPS) is 11.8. The fourth-order valence-electron chi connectivity index (χ4n) is 2.37. The lowest BCUT2D eigenvalue weighted by Gasteiger charge is -2.17. The standard InChI is InChI=1S/C18H23NO3/c1-13(15-8-6-5-7-9-15)19-12-14-10-16(20-2)18(22-4)17(11-14)21-3/h5-11,13,19H,12H2,1-4H3/t13-/m0/s1. The fraction of sp³-hybridized carbons (Fsp3) is 0.333. The molecular formula is C18H23NO3. The molecule has 0 amide bonds. The number of benzene rings is 2. The van der Waals surface area contributed by atoms with Crippen molar-refractivity contribution < 1.29 is 14.2 Å². The summed E-state index contributed by atoms with van der Waals surface area (Å²) in [6, 6.07) is 14.5. The second-order valence-electron chi connectivity index (χ2n) is 5.05. The van der Waals surface area contributed by atoms with Gasteiger partial charge in [-0.3, -0.25) is 0 Å². The molecule has 1 N–H and O–H groups in total. The molecule has 0 aromatic heterocycles. The molecule has 0 aliphatic heterocycles. The average molecular weight is 301 g/mol. The Morgan fingerprint density at radius 1 is 0.909 bits per heavy atom. The third kappa shape index (κ3) is 3.71. The maximum atomic E-state index is 5.38. The minimum absolute atomic E-state index is 0.264. The van der Waals surface area contributed by atoms with Gasteiger partial charge < -0.3 is 19.5 Å². The van der Waals surface area contributed by atoms with Gasteiger partial charge in [0.05, 0.1) is 21.3 Å². The molecule has 2 aromatic rings. The third-order valence-corrected chi connectivity index (χ3v) is 3.64. The highest BCUT2D eigenvalue weighted by atomic mass is 16.5. The van der Waals surface area contributed by atoms with Gasteiger partial charge in [-0.05, 0) is 30.2 Å². The summed E-state index contributed by atoms with van der Waals surface area (Å²) in [6.45, 7) is 2.86. The smallest absolute Gasteiger partial charge is 0.203 e. The Kier molecular flexibility index (Phi) is 5.67. The molecular weight excluding hydrogens is 278 g/mol. The first-order chi connectivity index (χ1) is 10.7. The van der Waals surface area contributed by atoms with Gasteiger partial charge in [-0.1, -0.05) is 30.3 Å². The molecule has 0 unspecified atom stereocenters. The topological polar surface area (TPSA) is 39.7 Å². The van der Waals surface area contributed by atoms with Crippen LogP contribution in [0.25, 0.3) is 0 Å². The van der Waals surface area contributed by atoms with Crippen molar-refractivity contribution in [2.24, 2.45) is 0 Å². The van der Waals surface area contributed by atoms with Crippen LogP contribution in [0.4, 0.5) is 0 Å². The molecule has 0 saturated carbocycles. The summed E-state index contributed by atoms with van der Waals surface area (Å²) >= 11 is 0. The van der Waals surface area contributed by atoms with E-state index >= 15 is 0 Å². The Hall–Kier alpha value is -2.20. The Morgan fingerprint density at radius 3 is 2.00 bits per heavy atom. The number of hydrogen-bond donors (Lipinski definition) is 1. The van der Waals surface area contributed by atoms with Gasteiger partial charge in [-0.15, -0.1) is 0 Å². The molecule has 0 saturated heterocycles. The number of rotatable bonds is 7. The summed E-state index contributed by atoms with van der Waals surface area (Å²) in [6.07, 6.45) is 0. The molecule has 22 heavy (non-hydrogen) atoms. The Labute approximate surface area is 132 Å². The highest BCUT2D eigenvalue weighted by Crippen LogP contribution is 2.38. The minimum atomic E-state index is 0.264. The van der Waals surface area contributed by atoms with E-state index in [1.807, 2.05) is 30.3 Å². The lowest BCUT2D eigenvalue weighted by atomic mass is 10.1. The number of methoxy groups -OCH3 is 3. The van der Waals surface area contributed by atoms with E-state index in [1.165, 1.54) is 5.56 Å². The lowest BCUT2D eigenvalue weighted by molar-refractivity contribution is 0.323. The van der Waals surface area contributed by atoms with Crippen LogP contribution in [0.3, 0.4) is 0 Å². The predicted octanol–water partition coefficient (Wildman–Crippen LogP) is 3.56. The van der Waals surface area contributed by atoms with Gasteiger partial charge in [-0.2, -0.15) is 0 Å². The second-order valence-corrected chi connectivity index (χ2v) is 5.05. The largest absolute Gasteiger partial charge is 0.493 e. The molecule has 0 aliphatic carbocycles. The van der Waals surface area contributed by atoms with Crippen LogP contribution in [0, 0.1) is 0 Å². The maximum Gasteiger partial charge on any atom is 0.203 e. The van der Waals surface area contributed by atoms with Crippen LogP contribution < -0.4 is 19.5 Å². The molecule has 4 nitrogen and oxygen atoms in total. The van der Waals surface area contributed by atoms with E-state index in [-0.39, 0.29) is 6.04 Å². The first-order valence-electron chi connectivity index (χ1n) is 7.26. The highest BCUT2D eigenvalue weighted by molar-refractivity contribution is 5.53. The van der Waals surface area contributed by atoms with Crippen LogP contribution in [-0.2, 0) is 6.54 Å². The second kappa shape index (κ2) is 7.71. The Balaban J connectivity index is 2.13. The SMILES string of the molecule is COc1cc(CN[C@@H](C)c2ccccc2)cc(OC)c1OC. The summed E-state index contributed by atoms with van der Waals surface area (Å²) in [5.74, 6) is 1.96. The van der Waals surface area contributed by atoms with E-state index in [0.717, 1.165) is 5.56 Å². The summed E-state index contributed by atoms with van der Waals surface area (Å²) in [5.41, 5.74) is 2.34. The minimum Gasteiger partial charge on any atom is -0.493 e. The van der Waals surface area contributed by atoms with Crippen molar-refractivity contribution in [1.29, 1.82) is 0 Å². The summed E-state index contributed by atoms with van der Waals surface area (Å²) in [4.78, 5) is 0. The van der Waals surface area contributed by atoms with Gasteiger partial charge >= 0.3 is 0 Å². The predicted molar refractivity (Wildman–Crippen MR) is 87.8 cm³/mol. The maximum absolute atomic E-state index is 5.38. The van der Waals surface area contributed by atoms with Crippen molar-refractivity contribution in [1.82, 2.24) is 5.32 Å². The Morgan fingerprint density at radius 2 is 1.50 bits per heavy atom.